The maximum atomic E-state index is 13.4. The molecule has 0 bridgehead atoms. The zero-order valence-electron chi connectivity index (χ0n) is 16.1. The number of carbonyl (C=O) groups excluding carboxylic acids is 2. The molecule has 2 aromatic carbocycles. The third-order valence-electron chi connectivity index (χ3n) is 5.31. The lowest BCUT2D eigenvalue weighted by Crippen LogP contribution is -2.48. The molecule has 0 aliphatic carbocycles. The Morgan fingerprint density at radius 1 is 1.07 bits per heavy atom. The number of rotatable bonds is 6. The number of sulfonamides is 1. The number of amides is 2. The Balaban J connectivity index is 1.69. The maximum absolute atomic E-state index is 13.4. The SMILES string of the molecule is O=C1CC(N(CC2CCCO2)S(=O)(=O)c2ccccc2)C(=O)N1c1ccc(F)cc1. The molecule has 2 unspecified atom stereocenters. The average molecular weight is 432 g/mol. The van der Waals surface area contributed by atoms with E-state index in [4.69, 9.17) is 4.74 Å². The molecule has 30 heavy (non-hydrogen) atoms. The summed E-state index contributed by atoms with van der Waals surface area (Å²) in [6.07, 6.45) is 0.862. The molecule has 2 fully saturated rings. The van der Waals surface area contributed by atoms with Crippen molar-refractivity contribution in [3.63, 3.8) is 0 Å². The molecule has 7 nitrogen and oxygen atoms in total. The number of ether oxygens (including phenoxy) is 1. The Hall–Kier alpha value is -2.62. The number of halogens is 1. The van der Waals surface area contributed by atoms with Crippen molar-refractivity contribution in [1.29, 1.82) is 0 Å². The fourth-order valence-corrected chi connectivity index (χ4v) is 5.45. The number of anilines is 1. The zero-order valence-corrected chi connectivity index (χ0v) is 16.9. The molecule has 2 aliphatic rings. The summed E-state index contributed by atoms with van der Waals surface area (Å²) in [7, 11) is -4.05. The van der Waals surface area contributed by atoms with E-state index >= 15 is 0 Å². The molecule has 0 N–H and O–H groups in total. The molecule has 4 rings (SSSR count). The van der Waals surface area contributed by atoms with Gasteiger partial charge in [-0.05, 0) is 49.2 Å². The quantitative estimate of drug-likeness (QED) is 0.655. The second kappa shape index (κ2) is 8.25. The molecule has 158 valence electrons. The summed E-state index contributed by atoms with van der Waals surface area (Å²) < 4.78 is 46.7. The molecule has 0 aromatic heterocycles. The van der Waals surface area contributed by atoms with E-state index < -0.39 is 33.7 Å². The van der Waals surface area contributed by atoms with Gasteiger partial charge >= 0.3 is 0 Å². The smallest absolute Gasteiger partial charge is 0.252 e. The lowest BCUT2D eigenvalue weighted by Gasteiger charge is -2.28. The largest absolute Gasteiger partial charge is 0.377 e. The average Bonchev–Trinajstić information content (AvgIpc) is 3.35. The number of benzene rings is 2. The van der Waals surface area contributed by atoms with Crippen molar-refractivity contribution in [1.82, 2.24) is 4.31 Å². The van der Waals surface area contributed by atoms with E-state index in [1.54, 1.807) is 18.2 Å². The number of imide groups is 1. The van der Waals surface area contributed by atoms with Crippen LogP contribution >= 0.6 is 0 Å². The van der Waals surface area contributed by atoms with Crippen molar-refractivity contribution < 1.29 is 27.1 Å². The summed E-state index contributed by atoms with van der Waals surface area (Å²) >= 11 is 0. The van der Waals surface area contributed by atoms with Crippen LogP contribution in [0.5, 0.6) is 0 Å². The van der Waals surface area contributed by atoms with Crippen LogP contribution in [0.1, 0.15) is 19.3 Å². The van der Waals surface area contributed by atoms with Crippen LogP contribution in [-0.2, 0) is 24.3 Å². The van der Waals surface area contributed by atoms with Gasteiger partial charge in [-0.1, -0.05) is 18.2 Å². The summed E-state index contributed by atoms with van der Waals surface area (Å²) in [5.41, 5.74) is 0.211. The van der Waals surface area contributed by atoms with Crippen LogP contribution < -0.4 is 4.90 Å². The molecule has 2 aromatic rings. The van der Waals surface area contributed by atoms with Gasteiger partial charge in [0.05, 0.1) is 23.1 Å². The van der Waals surface area contributed by atoms with Crippen LogP contribution in [0, 0.1) is 5.82 Å². The third kappa shape index (κ3) is 3.88. The third-order valence-corrected chi connectivity index (χ3v) is 7.20. The number of carbonyl (C=O) groups is 2. The molecule has 2 aliphatic heterocycles. The van der Waals surface area contributed by atoms with E-state index in [0.29, 0.717) is 13.0 Å². The first kappa shape index (κ1) is 20.6. The monoisotopic (exact) mass is 432 g/mol. The Morgan fingerprint density at radius 2 is 1.77 bits per heavy atom. The first-order valence-corrected chi connectivity index (χ1v) is 11.1. The second-order valence-corrected chi connectivity index (χ2v) is 9.18. The van der Waals surface area contributed by atoms with Crippen LogP contribution in [0.25, 0.3) is 0 Å². The summed E-state index contributed by atoms with van der Waals surface area (Å²) in [5.74, 6) is -1.68. The van der Waals surface area contributed by atoms with E-state index in [9.17, 15) is 22.4 Å². The standard InChI is InChI=1S/C21H21FN2O5S/c22-15-8-10-16(11-9-15)24-20(25)13-19(21(24)26)23(14-17-5-4-12-29-17)30(27,28)18-6-2-1-3-7-18/h1-3,6-11,17,19H,4-5,12-14H2. The van der Waals surface area contributed by atoms with E-state index in [1.165, 1.54) is 24.3 Å². The minimum atomic E-state index is -4.05. The number of nitrogens with zero attached hydrogens (tertiary/aromatic N) is 2. The van der Waals surface area contributed by atoms with Crippen LogP contribution in [0.4, 0.5) is 10.1 Å². The van der Waals surface area contributed by atoms with Crippen molar-refractivity contribution in [3.05, 3.63) is 60.4 Å². The maximum Gasteiger partial charge on any atom is 0.252 e. The Bertz CT molecular complexity index is 1040. The van der Waals surface area contributed by atoms with Gasteiger partial charge in [0.15, 0.2) is 0 Å². The molecule has 0 spiro atoms. The molecule has 0 radical (unpaired) electrons. The molecule has 9 heteroatoms. The van der Waals surface area contributed by atoms with Crippen LogP contribution in [0.2, 0.25) is 0 Å². The highest BCUT2D eigenvalue weighted by atomic mass is 32.2. The highest BCUT2D eigenvalue weighted by Crippen LogP contribution is 2.30. The fourth-order valence-electron chi connectivity index (χ4n) is 3.81. The number of hydrogen-bond acceptors (Lipinski definition) is 5. The Kier molecular flexibility index (Phi) is 5.68. The summed E-state index contributed by atoms with van der Waals surface area (Å²) in [5, 5.41) is 0. The summed E-state index contributed by atoms with van der Waals surface area (Å²) in [4.78, 5) is 26.8. The Morgan fingerprint density at radius 3 is 2.40 bits per heavy atom. The molecule has 2 saturated heterocycles. The zero-order chi connectivity index (χ0) is 21.3. The highest BCUT2D eigenvalue weighted by Gasteiger charge is 2.47. The predicted molar refractivity (Wildman–Crippen MR) is 107 cm³/mol. The first-order chi connectivity index (χ1) is 14.4. The normalized spacial score (nSPS) is 22.3. The van der Waals surface area contributed by atoms with Gasteiger partial charge in [0, 0.05) is 13.2 Å². The number of hydrogen-bond donors (Lipinski definition) is 0. The predicted octanol–water partition coefficient (Wildman–Crippen LogP) is 2.33. The van der Waals surface area contributed by atoms with Crippen molar-refractivity contribution in [2.24, 2.45) is 0 Å². The fraction of sp³-hybridized carbons (Fsp3) is 0.333. The molecule has 2 heterocycles. The molecule has 0 saturated carbocycles. The van der Waals surface area contributed by atoms with Crippen LogP contribution in [0.3, 0.4) is 0 Å². The van der Waals surface area contributed by atoms with Gasteiger partial charge in [-0.25, -0.2) is 17.7 Å². The Labute approximate surface area is 174 Å². The second-order valence-electron chi connectivity index (χ2n) is 7.29. The minimum absolute atomic E-state index is 0.0157. The van der Waals surface area contributed by atoms with E-state index in [2.05, 4.69) is 0 Å². The van der Waals surface area contributed by atoms with E-state index in [0.717, 1.165) is 27.8 Å². The van der Waals surface area contributed by atoms with Gasteiger partial charge in [0.2, 0.25) is 15.9 Å². The topological polar surface area (TPSA) is 84.0 Å². The van der Waals surface area contributed by atoms with Crippen molar-refractivity contribution in [2.45, 2.75) is 36.3 Å². The van der Waals surface area contributed by atoms with Crippen LogP contribution in [-0.4, -0.2) is 49.8 Å². The molecular weight excluding hydrogens is 411 g/mol. The lowest BCUT2D eigenvalue weighted by molar-refractivity contribution is -0.122. The van der Waals surface area contributed by atoms with E-state index in [-0.39, 0.29) is 29.7 Å². The van der Waals surface area contributed by atoms with Gasteiger partial charge in [-0.3, -0.25) is 9.59 Å². The minimum Gasteiger partial charge on any atom is -0.377 e. The van der Waals surface area contributed by atoms with Crippen molar-refractivity contribution in [3.8, 4) is 0 Å². The van der Waals surface area contributed by atoms with Gasteiger partial charge in [0.1, 0.15) is 11.9 Å². The first-order valence-electron chi connectivity index (χ1n) is 9.69. The van der Waals surface area contributed by atoms with Crippen molar-refractivity contribution >= 4 is 27.5 Å². The van der Waals surface area contributed by atoms with Gasteiger partial charge in [-0.2, -0.15) is 4.31 Å². The summed E-state index contributed by atoms with van der Waals surface area (Å²) in [6, 6.07) is 11.6. The van der Waals surface area contributed by atoms with Gasteiger partial charge in [-0.15, -0.1) is 0 Å². The van der Waals surface area contributed by atoms with E-state index in [1.807, 2.05) is 0 Å². The summed E-state index contributed by atoms with van der Waals surface area (Å²) in [6.45, 7) is 0.515. The van der Waals surface area contributed by atoms with Crippen molar-refractivity contribution in [2.75, 3.05) is 18.1 Å². The van der Waals surface area contributed by atoms with Gasteiger partial charge in [0.25, 0.3) is 5.91 Å². The lowest BCUT2D eigenvalue weighted by atomic mass is 10.2. The van der Waals surface area contributed by atoms with Crippen LogP contribution in [0.15, 0.2) is 59.5 Å². The molecule has 2 amide bonds. The molecule has 2 atom stereocenters. The van der Waals surface area contributed by atoms with Gasteiger partial charge < -0.3 is 4.74 Å². The highest BCUT2D eigenvalue weighted by molar-refractivity contribution is 7.89. The molecular formula is C21H21FN2O5S.